The SMILES string of the molecule is COc1ccc(OCC(=O)NN[C@@H]2CC(=O)N(c3ccc(Cl)cc3)C2=O)cc1. The number of anilines is 1. The molecule has 3 amide bonds. The predicted molar refractivity (Wildman–Crippen MR) is 102 cm³/mol. The molecule has 8 nitrogen and oxygen atoms in total. The first-order valence-electron chi connectivity index (χ1n) is 8.41. The zero-order valence-electron chi connectivity index (χ0n) is 15.0. The molecule has 0 radical (unpaired) electrons. The summed E-state index contributed by atoms with van der Waals surface area (Å²) in [5.74, 6) is -0.136. The summed E-state index contributed by atoms with van der Waals surface area (Å²) in [5, 5.41) is 0.502. The van der Waals surface area contributed by atoms with Crippen LogP contribution in [0.4, 0.5) is 5.69 Å². The Hall–Kier alpha value is -3.10. The van der Waals surface area contributed by atoms with Gasteiger partial charge >= 0.3 is 0 Å². The van der Waals surface area contributed by atoms with Crippen LogP contribution < -0.4 is 25.2 Å². The number of nitrogens with one attached hydrogen (secondary N) is 2. The van der Waals surface area contributed by atoms with Crippen molar-refractivity contribution in [2.75, 3.05) is 18.6 Å². The Labute approximate surface area is 166 Å². The molecule has 1 aliphatic rings. The Morgan fingerprint density at radius 2 is 1.75 bits per heavy atom. The van der Waals surface area contributed by atoms with Crippen LogP contribution in [0, 0.1) is 0 Å². The lowest BCUT2D eigenvalue weighted by Crippen LogP contribution is -2.49. The number of carbonyl (C=O) groups is 3. The second-order valence-corrected chi connectivity index (χ2v) is 6.39. The lowest BCUT2D eigenvalue weighted by molar-refractivity contribution is -0.125. The van der Waals surface area contributed by atoms with Gasteiger partial charge in [-0.3, -0.25) is 19.8 Å². The molecule has 2 N–H and O–H groups in total. The number of halogens is 1. The molecule has 1 atom stereocenters. The van der Waals surface area contributed by atoms with Crippen molar-refractivity contribution in [1.29, 1.82) is 0 Å². The smallest absolute Gasteiger partial charge is 0.272 e. The zero-order chi connectivity index (χ0) is 20.1. The van der Waals surface area contributed by atoms with Crippen LogP contribution in [-0.4, -0.2) is 37.5 Å². The highest BCUT2D eigenvalue weighted by Crippen LogP contribution is 2.24. The summed E-state index contributed by atoms with van der Waals surface area (Å²) >= 11 is 5.83. The molecule has 1 fully saturated rings. The van der Waals surface area contributed by atoms with E-state index >= 15 is 0 Å². The maximum atomic E-state index is 12.5. The van der Waals surface area contributed by atoms with Crippen molar-refractivity contribution in [2.24, 2.45) is 0 Å². The quantitative estimate of drug-likeness (QED) is 0.539. The lowest BCUT2D eigenvalue weighted by Gasteiger charge is -2.16. The van der Waals surface area contributed by atoms with Crippen LogP contribution >= 0.6 is 11.6 Å². The van der Waals surface area contributed by atoms with Crippen molar-refractivity contribution in [1.82, 2.24) is 10.9 Å². The molecule has 0 aliphatic carbocycles. The van der Waals surface area contributed by atoms with Gasteiger partial charge in [0.25, 0.3) is 11.8 Å². The van der Waals surface area contributed by atoms with Crippen LogP contribution in [0.25, 0.3) is 0 Å². The maximum Gasteiger partial charge on any atom is 0.272 e. The molecule has 2 aromatic rings. The third-order valence-corrected chi connectivity index (χ3v) is 4.30. The number of methoxy groups -OCH3 is 1. The third kappa shape index (κ3) is 4.59. The fraction of sp³-hybridized carbons (Fsp3) is 0.211. The summed E-state index contributed by atoms with van der Waals surface area (Å²) in [5.41, 5.74) is 5.41. The molecule has 2 aromatic carbocycles. The van der Waals surface area contributed by atoms with Gasteiger partial charge in [0.2, 0.25) is 5.91 Å². The molecule has 28 heavy (non-hydrogen) atoms. The van der Waals surface area contributed by atoms with E-state index in [0.29, 0.717) is 22.2 Å². The number of hydrogen-bond donors (Lipinski definition) is 2. The topological polar surface area (TPSA) is 97.0 Å². The summed E-state index contributed by atoms with van der Waals surface area (Å²) < 4.78 is 10.4. The first-order chi connectivity index (χ1) is 13.5. The minimum atomic E-state index is -0.854. The number of benzene rings is 2. The van der Waals surface area contributed by atoms with Crippen LogP contribution in [0.3, 0.4) is 0 Å². The lowest BCUT2D eigenvalue weighted by atomic mass is 10.2. The Kier molecular flexibility index (Phi) is 6.13. The van der Waals surface area contributed by atoms with Crippen molar-refractivity contribution in [2.45, 2.75) is 12.5 Å². The van der Waals surface area contributed by atoms with Crippen LogP contribution in [0.15, 0.2) is 48.5 Å². The number of hydrogen-bond acceptors (Lipinski definition) is 6. The Balaban J connectivity index is 1.50. The summed E-state index contributed by atoms with van der Waals surface area (Å²) in [7, 11) is 1.55. The zero-order valence-corrected chi connectivity index (χ0v) is 15.7. The fourth-order valence-corrected chi connectivity index (χ4v) is 2.76. The molecule has 1 saturated heterocycles. The molecule has 1 aliphatic heterocycles. The van der Waals surface area contributed by atoms with Crippen molar-refractivity contribution in [3.05, 3.63) is 53.6 Å². The summed E-state index contributed by atoms with van der Waals surface area (Å²) in [6.07, 6.45) is -0.0684. The molecule has 3 rings (SSSR count). The average Bonchev–Trinajstić information content (AvgIpc) is 2.99. The largest absolute Gasteiger partial charge is 0.497 e. The Bertz CT molecular complexity index is 870. The molecule has 1 heterocycles. The average molecular weight is 404 g/mol. The van der Waals surface area contributed by atoms with Gasteiger partial charge in [-0.05, 0) is 48.5 Å². The van der Waals surface area contributed by atoms with E-state index in [2.05, 4.69) is 10.9 Å². The van der Waals surface area contributed by atoms with Gasteiger partial charge < -0.3 is 9.47 Å². The van der Waals surface area contributed by atoms with Gasteiger partial charge in [0, 0.05) is 5.02 Å². The number of amides is 3. The molecule has 9 heteroatoms. The highest BCUT2D eigenvalue weighted by Gasteiger charge is 2.39. The van der Waals surface area contributed by atoms with Crippen LogP contribution in [0.1, 0.15) is 6.42 Å². The van der Waals surface area contributed by atoms with Crippen molar-refractivity contribution in [3.8, 4) is 11.5 Å². The summed E-state index contributed by atoms with van der Waals surface area (Å²) in [6, 6.07) is 12.3. The number of rotatable bonds is 7. The molecule has 146 valence electrons. The highest BCUT2D eigenvalue weighted by molar-refractivity contribution is 6.30. The third-order valence-electron chi connectivity index (χ3n) is 4.05. The maximum absolute atomic E-state index is 12.5. The molecular weight excluding hydrogens is 386 g/mol. The molecule has 0 unspecified atom stereocenters. The fourth-order valence-electron chi connectivity index (χ4n) is 2.63. The van der Waals surface area contributed by atoms with Gasteiger partial charge in [-0.25, -0.2) is 10.3 Å². The van der Waals surface area contributed by atoms with E-state index in [1.54, 1.807) is 55.6 Å². The first-order valence-corrected chi connectivity index (χ1v) is 8.79. The molecule has 0 bridgehead atoms. The predicted octanol–water partition coefficient (Wildman–Crippen LogP) is 1.68. The van der Waals surface area contributed by atoms with E-state index in [-0.39, 0.29) is 18.9 Å². The number of carbonyl (C=O) groups excluding carboxylic acids is 3. The molecule has 0 spiro atoms. The number of imide groups is 1. The van der Waals surface area contributed by atoms with Gasteiger partial charge in [0.15, 0.2) is 6.61 Å². The standard InChI is InChI=1S/C19H18ClN3O5/c1-27-14-6-8-15(9-7-14)28-11-17(24)22-21-16-10-18(25)23(19(16)26)13-4-2-12(20)3-5-13/h2-9,16,21H,10-11H2,1H3,(H,22,24)/t16-/m1/s1. The van der Waals surface area contributed by atoms with E-state index in [9.17, 15) is 14.4 Å². The van der Waals surface area contributed by atoms with E-state index < -0.39 is 17.9 Å². The Morgan fingerprint density at radius 3 is 2.39 bits per heavy atom. The highest BCUT2D eigenvalue weighted by atomic mass is 35.5. The van der Waals surface area contributed by atoms with Gasteiger partial charge in [0.05, 0.1) is 19.2 Å². The molecule has 0 aromatic heterocycles. The molecule has 0 saturated carbocycles. The van der Waals surface area contributed by atoms with E-state index in [1.807, 2.05) is 0 Å². The van der Waals surface area contributed by atoms with Crippen LogP contribution in [-0.2, 0) is 14.4 Å². The van der Waals surface area contributed by atoms with Crippen LogP contribution in [0.5, 0.6) is 11.5 Å². The van der Waals surface area contributed by atoms with E-state index in [4.69, 9.17) is 21.1 Å². The summed E-state index contributed by atoms with van der Waals surface area (Å²) in [6.45, 7) is -0.255. The summed E-state index contributed by atoms with van der Waals surface area (Å²) in [4.78, 5) is 37.6. The number of hydrazine groups is 1. The number of ether oxygens (including phenoxy) is 2. The normalized spacial score (nSPS) is 16.2. The minimum absolute atomic E-state index is 0.0684. The van der Waals surface area contributed by atoms with Gasteiger partial charge in [-0.1, -0.05) is 11.6 Å². The van der Waals surface area contributed by atoms with Gasteiger partial charge in [-0.15, -0.1) is 0 Å². The number of nitrogens with zero attached hydrogens (tertiary/aromatic N) is 1. The second-order valence-electron chi connectivity index (χ2n) is 5.96. The van der Waals surface area contributed by atoms with Crippen molar-refractivity contribution in [3.63, 3.8) is 0 Å². The second kappa shape index (κ2) is 8.73. The van der Waals surface area contributed by atoms with Crippen molar-refractivity contribution >= 4 is 35.0 Å². The van der Waals surface area contributed by atoms with Gasteiger partial charge in [0.1, 0.15) is 17.5 Å². The van der Waals surface area contributed by atoms with Crippen LogP contribution in [0.2, 0.25) is 5.02 Å². The minimum Gasteiger partial charge on any atom is -0.497 e. The molecular formula is C19H18ClN3O5. The Morgan fingerprint density at radius 1 is 1.11 bits per heavy atom. The van der Waals surface area contributed by atoms with Crippen molar-refractivity contribution < 1.29 is 23.9 Å². The van der Waals surface area contributed by atoms with Gasteiger partial charge in [-0.2, -0.15) is 0 Å². The monoisotopic (exact) mass is 403 g/mol. The first kappa shape index (κ1) is 19.7. The van der Waals surface area contributed by atoms with E-state index in [1.165, 1.54) is 0 Å². The van der Waals surface area contributed by atoms with E-state index in [0.717, 1.165) is 4.90 Å².